The topological polar surface area (TPSA) is 69.3 Å². The highest BCUT2D eigenvalue weighted by Crippen LogP contribution is 2.31. The summed E-state index contributed by atoms with van der Waals surface area (Å²) in [6.07, 6.45) is 3.85. The van der Waals surface area contributed by atoms with Gasteiger partial charge in [0, 0.05) is 43.5 Å². The van der Waals surface area contributed by atoms with Crippen molar-refractivity contribution in [2.75, 3.05) is 26.2 Å². The van der Waals surface area contributed by atoms with Crippen molar-refractivity contribution in [2.24, 2.45) is 11.8 Å². The number of carbonyl (C=O) groups excluding carboxylic acids is 1. The number of aromatic nitrogens is 2. The molecule has 6 nitrogen and oxygen atoms in total. The summed E-state index contributed by atoms with van der Waals surface area (Å²) in [5.41, 5.74) is 0.972. The number of aryl methyl sites for hydroxylation is 2. The van der Waals surface area contributed by atoms with E-state index in [0.29, 0.717) is 29.0 Å². The number of H-pyrrole nitrogens is 1. The van der Waals surface area contributed by atoms with Gasteiger partial charge in [0.1, 0.15) is 5.82 Å². The van der Waals surface area contributed by atoms with Crippen molar-refractivity contribution >= 4 is 5.91 Å². The normalized spacial score (nSPS) is 21.9. The molecule has 1 aliphatic carbocycles. The van der Waals surface area contributed by atoms with Gasteiger partial charge in [-0.25, -0.2) is 4.98 Å². The Labute approximate surface area is 156 Å². The Bertz CT molecular complexity index is 708. The molecule has 0 spiro atoms. The van der Waals surface area contributed by atoms with E-state index in [-0.39, 0.29) is 17.9 Å². The summed E-state index contributed by atoms with van der Waals surface area (Å²) in [5, 5.41) is 0. The summed E-state index contributed by atoms with van der Waals surface area (Å²) >= 11 is 0. The lowest BCUT2D eigenvalue weighted by atomic mass is 10.0. The van der Waals surface area contributed by atoms with Crippen molar-refractivity contribution in [1.29, 1.82) is 0 Å². The molecule has 1 atom stereocenters. The van der Waals surface area contributed by atoms with Crippen molar-refractivity contribution in [2.45, 2.75) is 59.4 Å². The number of carbonyl (C=O) groups is 1. The van der Waals surface area contributed by atoms with E-state index in [2.05, 4.69) is 28.7 Å². The van der Waals surface area contributed by atoms with Crippen molar-refractivity contribution in [3.63, 3.8) is 0 Å². The first-order valence-electron chi connectivity index (χ1n) is 9.93. The van der Waals surface area contributed by atoms with Crippen LogP contribution >= 0.6 is 0 Å². The Morgan fingerprint density at radius 2 is 2.00 bits per heavy atom. The van der Waals surface area contributed by atoms with E-state index in [4.69, 9.17) is 0 Å². The highest BCUT2D eigenvalue weighted by Gasteiger charge is 2.33. The van der Waals surface area contributed by atoms with Crippen LogP contribution in [0.5, 0.6) is 0 Å². The van der Waals surface area contributed by atoms with Crippen LogP contribution in [0.15, 0.2) is 4.79 Å². The van der Waals surface area contributed by atoms with Gasteiger partial charge in [0.25, 0.3) is 5.56 Å². The van der Waals surface area contributed by atoms with Gasteiger partial charge >= 0.3 is 0 Å². The highest BCUT2D eigenvalue weighted by atomic mass is 16.2. The fraction of sp³-hybridized carbons (Fsp3) is 0.750. The number of nitrogens with zero attached hydrogens (tertiary/aromatic N) is 3. The minimum absolute atomic E-state index is 0.0446. The van der Waals surface area contributed by atoms with Gasteiger partial charge < -0.3 is 9.88 Å². The van der Waals surface area contributed by atoms with Gasteiger partial charge in [-0.05, 0) is 44.9 Å². The monoisotopic (exact) mass is 360 g/mol. The summed E-state index contributed by atoms with van der Waals surface area (Å²) in [4.78, 5) is 36.8. The minimum Gasteiger partial charge on any atom is -0.341 e. The Hall–Kier alpha value is -1.69. The zero-order valence-electron chi connectivity index (χ0n) is 16.5. The van der Waals surface area contributed by atoms with Crippen LogP contribution in [0.1, 0.15) is 50.2 Å². The molecule has 1 amide bonds. The third-order valence-electron chi connectivity index (χ3n) is 5.73. The first-order valence-corrected chi connectivity index (χ1v) is 9.93. The minimum atomic E-state index is -0.186. The van der Waals surface area contributed by atoms with Crippen molar-refractivity contribution in [3.8, 4) is 0 Å². The molecule has 1 N–H and O–H groups in total. The van der Waals surface area contributed by atoms with Gasteiger partial charge in [0.15, 0.2) is 0 Å². The number of hydrogen-bond acceptors (Lipinski definition) is 4. The zero-order valence-corrected chi connectivity index (χ0v) is 16.5. The number of amides is 1. The van der Waals surface area contributed by atoms with Gasteiger partial charge in [-0.2, -0.15) is 0 Å². The molecule has 1 aromatic heterocycles. The Balaban J connectivity index is 1.71. The third kappa shape index (κ3) is 4.53. The summed E-state index contributed by atoms with van der Waals surface area (Å²) in [6.45, 7) is 11.8. The van der Waals surface area contributed by atoms with Gasteiger partial charge in [-0.3, -0.25) is 14.5 Å². The molecule has 6 heteroatoms. The van der Waals surface area contributed by atoms with E-state index in [1.54, 1.807) is 6.92 Å². The van der Waals surface area contributed by atoms with Gasteiger partial charge in [0.2, 0.25) is 5.91 Å². The predicted octanol–water partition coefficient (Wildman–Crippen LogP) is 1.90. The molecular formula is C20H32N4O2. The summed E-state index contributed by atoms with van der Waals surface area (Å²) < 4.78 is 0. The van der Waals surface area contributed by atoms with Crippen LogP contribution in [0, 0.1) is 25.7 Å². The van der Waals surface area contributed by atoms with Crippen molar-refractivity contribution in [3.05, 3.63) is 27.4 Å². The van der Waals surface area contributed by atoms with Crippen LogP contribution in [0.4, 0.5) is 0 Å². The number of rotatable bonds is 5. The van der Waals surface area contributed by atoms with Crippen molar-refractivity contribution < 1.29 is 4.79 Å². The van der Waals surface area contributed by atoms with Crippen LogP contribution in [-0.2, 0) is 11.2 Å². The second-order valence-electron chi connectivity index (χ2n) is 8.34. The summed E-state index contributed by atoms with van der Waals surface area (Å²) in [7, 11) is 0. The quantitative estimate of drug-likeness (QED) is 0.871. The molecule has 26 heavy (non-hydrogen) atoms. The molecule has 144 valence electrons. The SMILES string of the molecule is Cc1nc(C)c(CC(=O)N2CCCN(CC3CC3)[C@H](C(C)C)C2)c(=O)[nH]1. The summed E-state index contributed by atoms with van der Waals surface area (Å²) in [5.74, 6) is 2.00. The fourth-order valence-electron chi connectivity index (χ4n) is 4.00. The molecule has 1 saturated carbocycles. The molecule has 1 aromatic rings. The highest BCUT2D eigenvalue weighted by molar-refractivity contribution is 5.79. The van der Waals surface area contributed by atoms with Gasteiger partial charge in [0.05, 0.1) is 6.42 Å². The molecule has 2 heterocycles. The Kier molecular flexibility index (Phi) is 5.80. The Morgan fingerprint density at radius 3 is 2.62 bits per heavy atom. The molecule has 0 unspecified atom stereocenters. The van der Waals surface area contributed by atoms with Crippen LogP contribution in [-0.4, -0.2) is 57.9 Å². The largest absolute Gasteiger partial charge is 0.341 e. The first kappa shape index (κ1) is 19.1. The molecular weight excluding hydrogens is 328 g/mol. The predicted molar refractivity (Wildman–Crippen MR) is 102 cm³/mol. The number of aromatic amines is 1. The fourth-order valence-corrected chi connectivity index (χ4v) is 4.00. The van der Waals surface area contributed by atoms with Crippen LogP contribution < -0.4 is 5.56 Å². The van der Waals surface area contributed by atoms with E-state index >= 15 is 0 Å². The second-order valence-corrected chi connectivity index (χ2v) is 8.34. The average Bonchev–Trinajstić information content (AvgIpc) is 3.38. The lowest BCUT2D eigenvalue weighted by molar-refractivity contribution is -0.131. The molecule has 1 saturated heterocycles. The maximum Gasteiger partial charge on any atom is 0.254 e. The Morgan fingerprint density at radius 1 is 1.27 bits per heavy atom. The van der Waals surface area contributed by atoms with Gasteiger partial charge in [-0.1, -0.05) is 13.8 Å². The smallest absolute Gasteiger partial charge is 0.254 e. The van der Waals surface area contributed by atoms with E-state index in [9.17, 15) is 9.59 Å². The average molecular weight is 361 g/mol. The van der Waals surface area contributed by atoms with Crippen LogP contribution in [0.3, 0.4) is 0 Å². The van der Waals surface area contributed by atoms with Crippen molar-refractivity contribution in [1.82, 2.24) is 19.8 Å². The van der Waals surface area contributed by atoms with E-state index in [1.807, 2.05) is 11.8 Å². The van der Waals surface area contributed by atoms with E-state index < -0.39 is 0 Å². The van der Waals surface area contributed by atoms with Crippen LogP contribution in [0.2, 0.25) is 0 Å². The maximum absolute atomic E-state index is 12.9. The second kappa shape index (κ2) is 7.91. The van der Waals surface area contributed by atoms with Crippen LogP contribution in [0.25, 0.3) is 0 Å². The number of nitrogens with one attached hydrogen (secondary N) is 1. The zero-order chi connectivity index (χ0) is 18.8. The van der Waals surface area contributed by atoms with E-state index in [1.165, 1.54) is 19.4 Å². The molecule has 2 aliphatic rings. The molecule has 3 rings (SSSR count). The lowest BCUT2D eigenvalue weighted by Gasteiger charge is -2.34. The van der Waals surface area contributed by atoms with E-state index in [0.717, 1.165) is 32.0 Å². The maximum atomic E-state index is 12.9. The molecule has 2 fully saturated rings. The summed E-state index contributed by atoms with van der Waals surface area (Å²) in [6, 6.07) is 0.401. The molecule has 0 radical (unpaired) electrons. The molecule has 0 bridgehead atoms. The third-order valence-corrected chi connectivity index (χ3v) is 5.73. The lowest BCUT2D eigenvalue weighted by Crippen LogP contribution is -2.47. The molecule has 1 aliphatic heterocycles. The van der Waals surface area contributed by atoms with Gasteiger partial charge in [-0.15, -0.1) is 0 Å². The number of hydrogen-bond donors (Lipinski definition) is 1. The molecule has 0 aromatic carbocycles. The standard InChI is InChI=1S/C20H32N4O2/c1-13(2)18-12-24(9-5-8-23(18)11-16-6-7-16)19(25)10-17-14(3)21-15(4)22-20(17)26/h13,16,18H,5-12H2,1-4H3,(H,21,22,26)/t18-/m0/s1. The first-order chi connectivity index (χ1) is 12.3.